The third-order valence-electron chi connectivity index (χ3n) is 2.49. The minimum atomic E-state index is 0.612. The number of unbranched alkanes of at least 4 members (excludes halogenated alkanes) is 4. The van der Waals surface area contributed by atoms with E-state index in [0.29, 0.717) is 18.2 Å². The predicted octanol–water partition coefficient (Wildman–Crippen LogP) is 3.07. The van der Waals surface area contributed by atoms with E-state index in [2.05, 4.69) is 16.9 Å². The average Bonchev–Trinajstić information content (AvgIpc) is 2.42. The summed E-state index contributed by atoms with van der Waals surface area (Å²) in [5.74, 6) is 0.612. The van der Waals surface area contributed by atoms with Crippen LogP contribution in [0.15, 0.2) is 23.3 Å². The maximum absolute atomic E-state index is 8.34. The number of ether oxygens (including phenoxy) is 1. The van der Waals surface area contributed by atoms with Gasteiger partial charge in [0.1, 0.15) is 6.34 Å². The maximum Gasteiger partial charge on any atom is 0.213 e. The van der Waals surface area contributed by atoms with Crippen LogP contribution in [0.3, 0.4) is 0 Å². The largest absolute Gasteiger partial charge is 0.478 e. The Balaban J connectivity index is 2.20. The zero-order chi connectivity index (χ0) is 13.1. The summed E-state index contributed by atoms with van der Waals surface area (Å²) in [6.45, 7) is 2.91. The Morgan fingerprint density at radius 3 is 2.83 bits per heavy atom. The Kier molecular flexibility index (Phi) is 7.55. The molecule has 0 aromatic carbocycles. The van der Waals surface area contributed by atoms with Gasteiger partial charge in [0.25, 0.3) is 0 Å². The van der Waals surface area contributed by atoms with Crippen molar-refractivity contribution in [3.05, 3.63) is 18.3 Å². The molecule has 0 unspecified atom stereocenters. The number of hydrogen-bond donors (Lipinski definition) is 2. The van der Waals surface area contributed by atoms with Crippen LogP contribution in [0.25, 0.3) is 0 Å². The van der Waals surface area contributed by atoms with Crippen molar-refractivity contribution in [1.82, 2.24) is 10.5 Å². The summed E-state index contributed by atoms with van der Waals surface area (Å²) in [6, 6.07) is 3.56. The zero-order valence-electron chi connectivity index (χ0n) is 10.8. The second-order valence-corrected chi connectivity index (χ2v) is 4.00. The van der Waals surface area contributed by atoms with Crippen LogP contribution in [0.2, 0.25) is 0 Å². The Bertz CT molecular complexity index is 339. The van der Waals surface area contributed by atoms with Crippen LogP contribution < -0.4 is 10.2 Å². The highest BCUT2D eigenvalue weighted by Crippen LogP contribution is 2.14. The number of nitrogens with zero attached hydrogens (tertiary/aromatic N) is 2. The Morgan fingerprint density at radius 2 is 2.17 bits per heavy atom. The number of aliphatic imine (C=N–C) groups is 1. The fraction of sp³-hybridized carbons (Fsp3) is 0.538. The molecule has 0 amide bonds. The van der Waals surface area contributed by atoms with Crippen LogP contribution in [0.4, 0.5) is 5.69 Å². The number of pyridine rings is 1. The molecule has 0 spiro atoms. The van der Waals surface area contributed by atoms with E-state index in [4.69, 9.17) is 9.94 Å². The average molecular weight is 251 g/mol. The number of aromatic nitrogens is 1. The molecule has 0 aliphatic rings. The van der Waals surface area contributed by atoms with Gasteiger partial charge in [-0.1, -0.05) is 32.6 Å². The van der Waals surface area contributed by atoms with Gasteiger partial charge in [-0.25, -0.2) is 9.98 Å². The van der Waals surface area contributed by atoms with Gasteiger partial charge in [-0.2, -0.15) is 0 Å². The van der Waals surface area contributed by atoms with E-state index in [1.54, 1.807) is 18.3 Å². The lowest BCUT2D eigenvalue weighted by Gasteiger charge is -2.04. The van der Waals surface area contributed by atoms with E-state index < -0.39 is 0 Å². The summed E-state index contributed by atoms with van der Waals surface area (Å²) in [5, 5.41) is 8.34. The summed E-state index contributed by atoms with van der Waals surface area (Å²) in [5.41, 5.74) is 2.50. The van der Waals surface area contributed by atoms with Gasteiger partial charge in [-0.15, -0.1) is 0 Å². The Morgan fingerprint density at radius 1 is 1.33 bits per heavy atom. The molecule has 5 heteroatoms. The van der Waals surface area contributed by atoms with E-state index >= 15 is 0 Å². The lowest BCUT2D eigenvalue weighted by Crippen LogP contribution is -2.01. The molecular formula is C13H21N3O2. The number of hydroxylamine groups is 1. The van der Waals surface area contributed by atoms with Gasteiger partial charge >= 0.3 is 0 Å². The molecule has 0 saturated carbocycles. The molecule has 2 N–H and O–H groups in total. The summed E-state index contributed by atoms with van der Waals surface area (Å²) in [7, 11) is 0. The topological polar surface area (TPSA) is 66.7 Å². The number of hydrogen-bond acceptors (Lipinski definition) is 4. The van der Waals surface area contributed by atoms with Crippen molar-refractivity contribution in [3.8, 4) is 5.88 Å². The summed E-state index contributed by atoms with van der Waals surface area (Å²) >= 11 is 0. The molecule has 0 fully saturated rings. The number of rotatable bonds is 9. The van der Waals surface area contributed by atoms with E-state index in [1.807, 2.05) is 5.48 Å². The molecule has 0 bridgehead atoms. The lowest BCUT2D eigenvalue weighted by atomic mass is 10.2. The van der Waals surface area contributed by atoms with Crippen LogP contribution in [0.5, 0.6) is 5.88 Å². The van der Waals surface area contributed by atoms with Gasteiger partial charge in [0.2, 0.25) is 5.88 Å². The number of nitrogens with one attached hydrogen (secondary N) is 1. The normalized spacial score (nSPS) is 10.8. The standard InChI is InChI=1S/C13H21N3O2/c1-2-3-4-5-6-9-18-13-8-7-12(10-14-13)15-11-16-17/h7-8,10-11,17H,2-6,9H2,1H3,(H,15,16). The smallest absolute Gasteiger partial charge is 0.213 e. The molecule has 1 heterocycles. The minimum Gasteiger partial charge on any atom is -0.478 e. The first-order valence-corrected chi connectivity index (χ1v) is 6.38. The zero-order valence-corrected chi connectivity index (χ0v) is 10.8. The first-order chi connectivity index (χ1) is 8.86. The van der Waals surface area contributed by atoms with Crippen LogP contribution in [-0.2, 0) is 0 Å². The van der Waals surface area contributed by atoms with Crippen LogP contribution >= 0.6 is 0 Å². The van der Waals surface area contributed by atoms with Crippen molar-refractivity contribution in [3.63, 3.8) is 0 Å². The van der Waals surface area contributed by atoms with Gasteiger partial charge in [-0.05, 0) is 12.5 Å². The van der Waals surface area contributed by atoms with E-state index in [-0.39, 0.29) is 0 Å². The molecule has 0 radical (unpaired) electrons. The molecule has 100 valence electrons. The highest BCUT2D eigenvalue weighted by atomic mass is 16.5. The van der Waals surface area contributed by atoms with Crippen molar-refractivity contribution in [1.29, 1.82) is 0 Å². The van der Waals surface area contributed by atoms with Gasteiger partial charge in [0.15, 0.2) is 0 Å². The fourth-order valence-electron chi connectivity index (χ4n) is 1.52. The minimum absolute atomic E-state index is 0.612. The lowest BCUT2D eigenvalue weighted by molar-refractivity contribution is 0.240. The molecule has 0 atom stereocenters. The van der Waals surface area contributed by atoms with E-state index in [1.165, 1.54) is 32.0 Å². The van der Waals surface area contributed by atoms with Gasteiger partial charge in [-0.3, -0.25) is 10.7 Å². The molecule has 1 rings (SSSR count). The van der Waals surface area contributed by atoms with Crippen molar-refractivity contribution in [2.45, 2.75) is 39.0 Å². The SMILES string of the molecule is CCCCCCCOc1ccc(N=CNO)cn1. The van der Waals surface area contributed by atoms with Crippen molar-refractivity contribution in [2.24, 2.45) is 4.99 Å². The predicted molar refractivity (Wildman–Crippen MR) is 71.6 cm³/mol. The van der Waals surface area contributed by atoms with Crippen molar-refractivity contribution >= 4 is 12.0 Å². The third-order valence-corrected chi connectivity index (χ3v) is 2.49. The molecule has 1 aromatic rings. The van der Waals surface area contributed by atoms with Gasteiger partial charge in [0, 0.05) is 6.07 Å². The third kappa shape index (κ3) is 6.20. The highest BCUT2D eigenvalue weighted by molar-refractivity contribution is 5.59. The van der Waals surface area contributed by atoms with Crippen LogP contribution in [-0.4, -0.2) is 23.1 Å². The maximum atomic E-state index is 8.34. The second kappa shape index (κ2) is 9.41. The molecule has 0 saturated heterocycles. The van der Waals surface area contributed by atoms with Crippen molar-refractivity contribution < 1.29 is 9.94 Å². The highest BCUT2D eigenvalue weighted by Gasteiger charge is 1.96. The fourth-order valence-corrected chi connectivity index (χ4v) is 1.52. The van der Waals surface area contributed by atoms with E-state index in [9.17, 15) is 0 Å². The van der Waals surface area contributed by atoms with Gasteiger partial charge < -0.3 is 4.74 Å². The molecular weight excluding hydrogens is 230 g/mol. The van der Waals surface area contributed by atoms with Gasteiger partial charge in [0.05, 0.1) is 18.5 Å². The van der Waals surface area contributed by atoms with E-state index in [0.717, 1.165) is 6.42 Å². The molecule has 5 nitrogen and oxygen atoms in total. The summed E-state index contributed by atoms with van der Waals surface area (Å²) < 4.78 is 5.52. The molecule has 0 aliphatic heterocycles. The molecule has 0 aliphatic carbocycles. The van der Waals surface area contributed by atoms with Crippen LogP contribution in [0.1, 0.15) is 39.0 Å². The summed E-state index contributed by atoms with van der Waals surface area (Å²) in [4.78, 5) is 8.01. The first-order valence-electron chi connectivity index (χ1n) is 6.38. The first kappa shape index (κ1) is 14.4. The summed E-state index contributed by atoms with van der Waals surface area (Å²) in [6.07, 6.45) is 8.88. The Hall–Kier alpha value is -1.62. The van der Waals surface area contributed by atoms with Crippen molar-refractivity contribution in [2.75, 3.05) is 6.61 Å². The monoisotopic (exact) mass is 251 g/mol. The van der Waals surface area contributed by atoms with Crippen LogP contribution in [0, 0.1) is 0 Å². The Labute approximate surface area is 108 Å². The molecule has 1 aromatic heterocycles. The second-order valence-electron chi connectivity index (χ2n) is 4.00. The quantitative estimate of drug-likeness (QED) is 0.306. The molecule has 18 heavy (non-hydrogen) atoms.